The normalized spacial score (nSPS) is 11.1. The highest BCUT2D eigenvalue weighted by Crippen LogP contribution is 2.38. The van der Waals surface area contributed by atoms with Gasteiger partial charge in [0.1, 0.15) is 0 Å². The standard InChI is InChI=1S/C55H44Cl2N2/c1-55(2,45-23-31-49(32-24-45)58(51-35-27-47(56)28-36-51)39-53(41-15-7-3-8-16-41)42-17-9-4-10-18-42)46-25-33-50(34-26-46)59(52-37-29-48(57)30-38-52)40-54(43-19-11-5-12-20-43)44-21-13-6-14-22-44/h3-40H,1-2H3. The number of rotatable bonds is 12. The van der Waals surface area contributed by atoms with Gasteiger partial charge in [-0.15, -0.1) is 0 Å². The molecule has 0 spiro atoms. The zero-order chi connectivity index (χ0) is 40.6. The first-order valence-electron chi connectivity index (χ1n) is 19.8. The van der Waals surface area contributed by atoms with Gasteiger partial charge in [0.2, 0.25) is 0 Å². The second-order valence-corrected chi connectivity index (χ2v) is 15.8. The van der Waals surface area contributed by atoms with Crippen LogP contribution in [0.4, 0.5) is 22.7 Å². The van der Waals surface area contributed by atoms with Crippen LogP contribution in [0.25, 0.3) is 11.1 Å². The summed E-state index contributed by atoms with van der Waals surface area (Å²) in [5.74, 6) is 0. The average molecular weight is 804 g/mol. The highest BCUT2D eigenvalue weighted by Gasteiger charge is 2.24. The predicted octanol–water partition coefficient (Wildman–Crippen LogP) is 15.8. The van der Waals surface area contributed by atoms with Crippen LogP contribution in [-0.2, 0) is 5.41 Å². The minimum absolute atomic E-state index is 0.280. The molecule has 288 valence electrons. The number of hydrogen-bond acceptors (Lipinski definition) is 2. The van der Waals surface area contributed by atoms with Crippen molar-refractivity contribution >= 4 is 57.1 Å². The molecule has 0 aliphatic rings. The van der Waals surface area contributed by atoms with Crippen LogP contribution in [0.1, 0.15) is 47.2 Å². The van der Waals surface area contributed by atoms with Crippen LogP contribution in [0.5, 0.6) is 0 Å². The maximum Gasteiger partial charge on any atom is 0.0456 e. The van der Waals surface area contributed by atoms with Crippen molar-refractivity contribution in [1.82, 2.24) is 0 Å². The summed E-state index contributed by atoms with van der Waals surface area (Å²) in [6.07, 6.45) is 4.46. The lowest BCUT2D eigenvalue weighted by atomic mass is 9.78. The van der Waals surface area contributed by atoms with E-state index in [1.807, 2.05) is 24.3 Å². The Morgan fingerprint density at radius 1 is 0.339 bits per heavy atom. The lowest BCUT2D eigenvalue weighted by Crippen LogP contribution is -2.19. The van der Waals surface area contributed by atoms with Crippen molar-refractivity contribution in [3.8, 4) is 0 Å². The minimum atomic E-state index is -0.280. The van der Waals surface area contributed by atoms with Gasteiger partial charge in [-0.1, -0.05) is 183 Å². The predicted molar refractivity (Wildman–Crippen MR) is 252 cm³/mol. The highest BCUT2D eigenvalue weighted by atomic mass is 35.5. The van der Waals surface area contributed by atoms with E-state index in [0.717, 1.165) is 56.1 Å². The zero-order valence-electron chi connectivity index (χ0n) is 33.1. The van der Waals surface area contributed by atoms with E-state index >= 15 is 0 Å². The summed E-state index contributed by atoms with van der Waals surface area (Å²) in [6, 6.07) is 76.0. The molecule has 0 radical (unpaired) electrons. The average Bonchev–Trinajstić information content (AvgIpc) is 3.29. The topological polar surface area (TPSA) is 6.48 Å². The van der Waals surface area contributed by atoms with Crippen LogP contribution >= 0.6 is 23.2 Å². The molecule has 4 heteroatoms. The van der Waals surface area contributed by atoms with E-state index in [4.69, 9.17) is 23.2 Å². The van der Waals surface area contributed by atoms with Crippen molar-refractivity contribution in [2.45, 2.75) is 19.3 Å². The molecule has 2 nitrogen and oxygen atoms in total. The molecule has 0 aromatic heterocycles. The third kappa shape index (κ3) is 9.11. The summed E-state index contributed by atoms with van der Waals surface area (Å²) in [7, 11) is 0. The third-order valence-corrected chi connectivity index (χ3v) is 11.3. The van der Waals surface area contributed by atoms with Crippen molar-refractivity contribution in [3.63, 3.8) is 0 Å². The molecule has 0 amide bonds. The van der Waals surface area contributed by atoms with Gasteiger partial charge in [-0.05, 0) is 106 Å². The molecule has 0 aliphatic heterocycles. The summed E-state index contributed by atoms with van der Waals surface area (Å²) < 4.78 is 0. The molecule has 0 saturated carbocycles. The second kappa shape index (κ2) is 17.9. The lowest BCUT2D eigenvalue weighted by Gasteiger charge is -2.29. The van der Waals surface area contributed by atoms with Crippen molar-refractivity contribution in [3.05, 3.63) is 274 Å². The molecule has 59 heavy (non-hydrogen) atoms. The van der Waals surface area contributed by atoms with Crippen LogP contribution in [0.15, 0.2) is 231 Å². The molecular formula is C55H44Cl2N2. The summed E-state index contributed by atoms with van der Waals surface area (Å²) in [4.78, 5) is 4.49. The van der Waals surface area contributed by atoms with E-state index in [-0.39, 0.29) is 5.41 Å². The minimum Gasteiger partial charge on any atom is -0.317 e. The number of halogens is 2. The zero-order valence-corrected chi connectivity index (χ0v) is 34.6. The fourth-order valence-corrected chi connectivity index (χ4v) is 7.66. The largest absolute Gasteiger partial charge is 0.317 e. The first kappa shape index (κ1) is 39.3. The van der Waals surface area contributed by atoms with Crippen LogP contribution in [0.2, 0.25) is 10.0 Å². The number of hydrogen-bond donors (Lipinski definition) is 0. The van der Waals surface area contributed by atoms with Gasteiger partial charge in [0.05, 0.1) is 0 Å². The Morgan fingerprint density at radius 3 is 0.831 bits per heavy atom. The maximum atomic E-state index is 6.38. The van der Waals surface area contributed by atoms with Crippen molar-refractivity contribution in [1.29, 1.82) is 0 Å². The van der Waals surface area contributed by atoms with Crippen LogP contribution in [0, 0.1) is 0 Å². The van der Waals surface area contributed by atoms with E-state index in [2.05, 4.69) is 230 Å². The number of benzene rings is 8. The van der Waals surface area contributed by atoms with E-state index in [0.29, 0.717) is 10.0 Å². The van der Waals surface area contributed by atoms with Crippen molar-refractivity contribution in [2.24, 2.45) is 0 Å². The summed E-state index contributed by atoms with van der Waals surface area (Å²) >= 11 is 12.8. The maximum absolute atomic E-state index is 6.38. The molecule has 0 fully saturated rings. The highest BCUT2D eigenvalue weighted by molar-refractivity contribution is 6.31. The number of nitrogens with zero attached hydrogens (tertiary/aromatic N) is 2. The molecule has 0 saturated heterocycles. The van der Waals surface area contributed by atoms with Crippen LogP contribution in [0.3, 0.4) is 0 Å². The first-order chi connectivity index (χ1) is 28.8. The third-order valence-electron chi connectivity index (χ3n) is 10.8. The molecule has 0 N–H and O–H groups in total. The summed E-state index contributed by atoms with van der Waals surface area (Å²) in [6.45, 7) is 4.58. The Hall–Kier alpha value is -6.58. The lowest BCUT2D eigenvalue weighted by molar-refractivity contribution is 0.641. The van der Waals surface area contributed by atoms with Gasteiger partial charge in [0, 0.05) is 61.8 Å². The van der Waals surface area contributed by atoms with Crippen LogP contribution < -0.4 is 9.80 Å². The molecule has 0 bridgehead atoms. The number of anilines is 4. The monoisotopic (exact) mass is 802 g/mol. The fraction of sp³-hybridized carbons (Fsp3) is 0.0545. The Labute approximate surface area is 358 Å². The van der Waals surface area contributed by atoms with Crippen molar-refractivity contribution in [2.75, 3.05) is 9.80 Å². The van der Waals surface area contributed by atoms with E-state index in [1.165, 1.54) is 11.1 Å². The van der Waals surface area contributed by atoms with Gasteiger partial charge in [-0.2, -0.15) is 0 Å². The van der Waals surface area contributed by atoms with E-state index < -0.39 is 0 Å². The van der Waals surface area contributed by atoms with Gasteiger partial charge in [-0.25, -0.2) is 0 Å². The van der Waals surface area contributed by atoms with Gasteiger partial charge in [-0.3, -0.25) is 0 Å². The summed E-state index contributed by atoms with van der Waals surface area (Å²) in [5.41, 5.74) is 13.1. The van der Waals surface area contributed by atoms with Gasteiger partial charge in [0.15, 0.2) is 0 Å². The van der Waals surface area contributed by atoms with Crippen molar-refractivity contribution < 1.29 is 0 Å². The van der Waals surface area contributed by atoms with E-state index in [9.17, 15) is 0 Å². The molecular weight excluding hydrogens is 760 g/mol. The first-order valence-corrected chi connectivity index (χ1v) is 20.6. The summed E-state index contributed by atoms with van der Waals surface area (Å²) in [5, 5.41) is 1.40. The smallest absolute Gasteiger partial charge is 0.0456 e. The Morgan fingerprint density at radius 2 is 0.576 bits per heavy atom. The van der Waals surface area contributed by atoms with Crippen LogP contribution in [-0.4, -0.2) is 0 Å². The van der Waals surface area contributed by atoms with Gasteiger partial charge in [0.25, 0.3) is 0 Å². The Balaban J connectivity index is 1.14. The molecule has 8 rings (SSSR count). The SMILES string of the molecule is CC(C)(c1ccc(N(C=C(c2ccccc2)c2ccccc2)c2ccc(Cl)cc2)cc1)c1ccc(N(C=C(c2ccccc2)c2ccccc2)c2ccc(Cl)cc2)cc1. The Bertz CT molecular complexity index is 2370. The Kier molecular flexibility index (Phi) is 11.9. The van der Waals surface area contributed by atoms with E-state index in [1.54, 1.807) is 0 Å². The molecule has 0 atom stereocenters. The molecule has 0 unspecified atom stereocenters. The quantitative estimate of drug-likeness (QED) is 0.121. The second-order valence-electron chi connectivity index (χ2n) is 15.0. The molecule has 8 aromatic carbocycles. The van der Waals surface area contributed by atoms with Gasteiger partial charge < -0.3 is 9.80 Å². The molecule has 0 aliphatic carbocycles. The molecule has 8 aromatic rings. The van der Waals surface area contributed by atoms with Gasteiger partial charge >= 0.3 is 0 Å². The fourth-order valence-electron chi connectivity index (χ4n) is 7.40. The molecule has 0 heterocycles.